The van der Waals surface area contributed by atoms with Gasteiger partial charge in [-0.15, -0.1) is 0 Å². The lowest BCUT2D eigenvalue weighted by molar-refractivity contribution is 0.0235. The van der Waals surface area contributed by atoms with Crippen LogP contribution in [0.25, 0.3) is 0 Å². The van der Waals surface area contributed by atoms with Crippen LogP contribution in [-0.2, 0) is 4.74 Å². The Morgan fingerprint density at radius 1 is 1.43 bits per heavy atom. The molecule has 1 fully saturated rings. The average Bonchev–Trinajstić information content (AvgIpc) is 2.92. The van der Waals surface area contributed by atoms with Crippen LogP contribution in [0.1, 0.15) is 45.6 Å². The van der Waals surface area contributed by atoms with Crippen molar-refractivity contribution < 1.29 is 18.3 Å². The van der Waals surface area contributed by atoms with Crippen LogP contribution in [0.5, 0.6) is 0 Å². The summed E-state index contributed by atoms with van der Waals surface area (Å²) in [5.74, 6) is 0. The number of likely N-dealkylation sites (tertiary alicyclic amines) is 1. The first-order valence-electron chi connectivity index (χ1n) is 7.88. The fraction of sp³-hybridized carbons (Fsp3) is 0.588. The Morgan fingerprint density at radius 2 is 2.17 bits per heavy atom. The van der Waals surface area contributed by atoms with Crippen molar-refractivity contribution >= 4 is 11.8 Å². The number of amides is 1. The second-order valence-corrected chi connectivity index (χ2v) is 6.78. The third-order valence-electron chi connectivity index (χ3n) is 3.69. The third-order valence-corrected chi connectivity index (χ3v) is 3.69. The highest BCUT2D eigenvalue weighted by Crippen LogP contribution is 2.24. The van der Waals surface area contributed by atoms with E-state index in [2.05, 4.69) is 5.32 Å². The summed E-state index contributed by atoms with van der Waals surface area (Å²) in [6, 6.07) is 6.21. The van der Waals surface area contributed by atoms with Gasteiger partial charge in [0.15, 0.2) is 0 Å². The van der Waals surface area contributed by atoms with Crippen LogP contribution >= 0.6 is 0 Å². The molecule has 1 aliphatic rings. The number of nitrogens with one attached hydrogen (secondary N) is 1. The van der Waals surface area contributed by atoms with Crippen molar-refractivity contribution in [3.63, 3.8) is 0 Å². The predicted octanol–water partition coefficient (Wildman–Crippen LogP) is 4.44. The maximum atomic E-state index is 12.7. The van der Waals surface area contributed by atoms with E-state index in [9.17, 15) is 13.6 Å². The van der Waals surface area contributed by atoms with Crippen LogP contribution in [0.2, 0.25) is 0 Å². The van der Waals surface area contributed by atoms with E-state index in [-0.39, 0.29) is 17.7 Å². The Hall–Kier alpha value is -1.85. The topological polar surface area (TPSA) is 41.6 Å². The summed E-state index contributed by atoms with van der Waals surface area (Å²) in [6.45, 7) is 6.70. The third kappa shape index (κ3) is 5.08. The van der Waals surface area contributed by atoms with Gasteiger partial charge in [-0.05, 0) is 45.7 Å². The van der Waals surface area contributed by atoms with E-state index in [0.717, 1.165) is 12.8 Å². The van der Waals surface area contributed by atoms with Gasteiger partial charge in [-0.25, -0.2) is 13.6 Å². The first-order chi connectivity index (χ1) is 10.8. The molecule has 1 aromatic rings. The molecule has 6 heteroatoms. The van der Waals surface area contributed by atoms with Gasteiger partial charge in [0.1, 0.15) is 5.60 Å². The molecule has 0 aliphatic carbocycles. The fourth-order valence-corrected chi connectivity index (χ4v) is 2.63. The SMILES string of the molecule is CC(C)(C)OC(=O)N1CCC[C@@H]1CNc1cccc(C(F)F)c1. The Morgan fingerprint density at radius 3 is 2.83 bits per heavy atom. The molecule has 0 spiro atoms. The average molecular weight is 326 g/mol. The molecule has 128 valence electrons. The maximum absolute atomic E-state index is 12.7. The zero-order valence-corrected chi connectivity index (χ0v) is 13.8. The number of carbonyl (C=O) groups is 1. The summed E-state index contributed by atoms with van der Waals surface area (Å²) >= 11 is 0. The number of ether oxygens (including phenoxy) is 1. The molecule has 1 atom stereocenters. The Balaban J connectivity index is 1.94. The summed E-state index contributed by atoms with van der Waals surface area (Å²) in [5.41, 5.74) is 0.104. The van der Waals surface area contributed by atoms with Crippen LogP contribution in [-0.4, -0.2) is 35.7 Å². The molecule has 4 nitrogen and oxygen atoms in total. The van der Waals surface area contributed by atoms with Crippen LogP contribution in [0.15, 0.2) is 24.3 Å². The molecule has 0 unspecified atom stereocenters. The van der Waals surface area contributed by atoms with Crippen molar-refractivity contribution in [2.75, 3.05) is 18.4 Å². The number of halogens is 2. The Bertz CT molecular complexity index is 544. The molecule has 1 aromatic carbocycles. The quantitative estimate of drug-likeness (QED) is 0.889. The zero-order valence-electron chi connectivity index (χ0n) is 13.8. The number of nitrogens with zero attached hydrogens (tertiary/aromatic N) is 1. The lowest BCUT2D eigenvalue weighted by Crippen LogP contribution is -2.42. The van der Waals surface area contributed by atoms with E-state index in [1.807, 2.05) is 20.8 Å². The van der Waals surface area contributed by atoms with Crippen molar-refractivity contribution in [1.82, 2.24) is 4.90 Å². The Labute approximate surface area is 135 Å². The maximum Gasteiger partial charge on any atom is 0.410 e. The largest absolute Gasteiger partial charge is 0.444 e. The van der Waals surface area contributed by atoms with Crippen molar-refractivity contribution in [3.8, 4) is 0 Å². The summed E-state index contributed by atoms with van der Waals surface area (Å²) in [4.78, 5) is 13.9. The highest BCUT2D eigenvalue weighted by Gasteiger charge is 2.31. The van der Waals surface area contributed by atoms with Gasteiger partial charge in [-0.2, -0.15) is 0 Å². The van der Waals surface area contributed by atoms with Crippen LogP contribution in [0.4, 0.5) is 19.3 Å². The lowest BCUT2D eigenvalue weighted by atomic mass is 10.2. The number of rotatable bonds is 4. The molecule has 0 bridgehead atoms. The van der Waals surface area contributed by atoms with E-state index in [1.165, 1.54) is 12.1 Å². The first-order valence-corrected chi connectivity index (χ1v) is 7.88. The molecule has 0 saturated carbocycles. The summed E-state index contributed by atoms with van der Waals surface area (Å²) < 4.78 is 30.8. The molecule has 0 radical (unpaired) electrons. The molecule has 1 aliphatic heterocycles. The number of anilines is 1. The van der Waals surface area contributed by atoms with E-state index < -0.39 is 12.0 Å². The fourth-order valence-electron chi connectivity index (χ4n) is 2.63. The van der Waals surface area contributed by atoms with Gasteiger partial charge in [0.25, 0.3) is 6.43 Å². The van der Waals surface area contributed by atoms with Gasteiger partial charge in [-0.1, -0.05) is 12.1 Å². The van der Waals surface area contributed by atoms with Gasteiger partial charge in [0.2, 0.25) is 0 Å². The summed E-state index contributed by atoms with van der Waals surface area (Å²) in [5, 5.41) is 3.15. The van der Waals surface area contributed by atoms with Crippen molar-refractivity contribution in [1.29, 1.82) is 0 Å². The monoisotopic (exact) mass is 326 g/mol. The van der Waals surface area contributed by atoms with E-state index in [1.54, 1.807) is 17.0 Å². The number of hydrogen-bond acceptors (Lipinski definition) is 3. The highest BCUT2D eigenvalue weighted by molar-refractivity contribution is 5.69. The number of hydrogen-bond donors (Lipinski definition) is 1. The predicted molar refractivity (Wildman–Crippen MR) is 85.9 cm³/mol. The molecular weight excluding hydrogens is 302 g/mol. The van der Waals surface area contributed by atoms with Gasteiger partial charge >= 0.3 is 6.09 Å². The smallest absolute Gasteiger partial charge is 0.410 e. The van der Waals surface area contributed by atoms with Gasteiger partial charge < -0.3 is 15.0 Å². The van der Waals surface area contributed by atoms with Gasteiger partial charge in [0, 0.05) is 24.3 Å². The number of carbonyl (C=O) groups excluding carboxylic acids is 1. The second kappa shape index (κ2) is 7.15. The minimum Gasteiger partial charge on any atom is -0.444 e. The van der Waals surface area contributed by atoms with Crippen molar-refractivity contribution in [2.45, 2.75) is 51.7 Å². The van der Waals surface area contributed by atoms with Crippen LogP contribution in [0.3, 0.4) is 0 Å². The van der Waals surface area contributed by atoms with Crippen LogP contribution in [0, 0.1) is 0 Å². The molecule has 1 amide bonds. The minimum absolute atomic E-state index is 0.00887. The molecule has 1 heterocycles. The molecule has 1 saturated heterocycles. The lowest BCUT2D eigenvalue weighted by Gasteiger charge is -2.29. The number of alkyl halides is 2. The molecule has 23 heavy (non-hydrogen) atoms. The van der Waals surface area contributed by atoms with Gasteiger partial charge in [0.05, 0.1) is 6.04 Å². The van der Waals surface area contributed by atoms with Crippen LogP contribution < -0.4 is 5.32 Å². The second-order valence-electron chi connectivity index (χ2n) is 6.78. The van der Waals surface area contributed by atoms with E-state index in [0.29, 0.717) is 18.8 Å². The van der Waals surface area contributed by atoms with E-state index in [4.69, 9.17) is 4.74 Å². The molecular formula is C17H24F2N2O2. The summed E-state index contributed by atoms with van der Waals surface area (Å²) in [7, 11) is 0. The molecule has 0 aromatic heterocycles. The van der Waals surface area contributed by atoms with Gasteiger partial charge in [-0.3, -0.25) is 0 Å². The normalized spacial score (nSPS) is 18.3. The Kier molecular flexibility index (Phi) is 5.44. The first kappa shape index (κ1) is 17.5. The van der Waals surface area contributed by atoms with Crippen molar-refractivity contribution in [2.24, 2.45) is 0 Å². The zero-order chi connectivity index (χ0) is 17.0. The standard InChI is InChI=1S/C17H24F2N2O2/c1-17(2,3)23-16(22)21-9-5-8-14(21)11-20-13-7-4-6-12(10-13)15(18)19/h4,6-7,10,14-15,20H,5,8-9,11H2,1-3H3/t14-/m1/s1. The minimum atomic E-state index is -2.48. The molecule has 1 N–H and O–H groups in total. The molecule has 2 rings (SSSR count). The van der Waals surface area contributed by atoms with Crippen molar-refractivity contribution in [3.05, 3.63) is 29.8 Å². The number of benzene rings is 1. The summed E-state index contributed by atoms with van der Waals surface area (Å²) in [6.07, 6.45) is -1.01. The highest BCUT2D eigenvalue weighted by atomic mass is 19.3. The van der Waals surface area contributed by atoms with E-state index >= 15 is 0 Å².